The molecular formula is C33H28F2N6O2. The smallest absolute Gasteiger partial charge is 0.308 e. The zero-order valence-electron chi connectivity index (χ0n) is 23.2. The second kappa shape index (κ2) is 11.0. The normalized spacial score (nSPS) is 17.1. The van der Waals surface area contributed by atoms with Gasteiger partial charge in [0.1, 0.15) is 17.3 Å². The SMILES string of the molecule is O=c1c2cc(F)cnc2n(-c2cccc(-c3ccccc3)c2)c(=O)n1[C@H]1CC[C@@H](NCc2cn3cc(F)ccc3n2)CC1. The highest BCUT2D eigenvalue weighted by Crippen LogP contribution is 2.28. The van der Waals surface area contributed by atoms with Crippen molar-refractivity contribution in [2.45, 2.75) is 44.3 Å². The van der Waals surface area contributed by atoms with E-state index in [0.29, 0.717) is 30.7 Å². The Bertz CT molecular complexity index is 2080. The fourth-order valence-corrected chi connectivity index (χ4v) is 6.08. The van der Waals surface area contributed by atoms with E-state index in [9.17, 15) is 18.4 Å². The molecule has 8 nitrogen and oxygen atoms in total. The molecule has 0 atom stereocenters. The molecule has 6 aromatic rings. The summed E-state index contributed by atoms with van der Waals surface area (Å²) < 4.78 is 32.2. The summed E-state index contributed by atoms with van der Waals surface area (Å²) in [6.07, 6.45) is 6.89. The average molecular weight is 579 g/mol. The zero-order chi connectivity index (χ0) is 29.5. The molecule has 0 radical (unpaired) electrons. The molecule has 7 rings (SSSR count). The summed E-state index contributed by atoms with van der Waals surface area (Å²) in [5.74, 6) is -0.963. The summed E-state index contributed by atoms with van der Waals surface area (Å²) in [6.45, 7) is 0.518. The molecule has 216 valence electrons. The topological polar surface area (TPSA) is 86.2 Å². The molecule has 1 N–H and O–H groups in total. The fraction of sp³-hybridized carbons (Fsp3) is 0.212. The third-order valence-corrected chi connectivity index (χ3v) is 8.20. The van der Waals surface area contributed by atoms with E-state index in [4.69, 9.17) is 0 Å². The number of hydrogen-bond acceptors (Lipinski definition) is 5. The van der Waals surface area contributed by atoms with Crippen molar-refractivity contribution in [2.24, 2.45) is 0 Å². The van der Waals surface area contributed by atoms with Crippen LogP contribution >= 0.6 is 0 Å². The van der Waals surface area contributed by atoms with Gasteiger partial charge in [0.05, 0.1) is 23.0 Å². The third-order valence-electron chi connectivity index (χ3n) is 8.20. The standard InChI is InChI=1S/C33H28F2N6O2/c34-23-9-14-30-38-26(20-39(30)19-23)18-36-25-10-12-27(13-11-25)41-32(42)29-16-24(35)17-37-31(29)40(33(41)43)28-8-4-7-22(15-28)21-5-2-1-3-6-21/h1-9,14-17,19-20,25,27,36H,10-13,18H2/t25-,27+. The van der Waals surface area contributed by atoms with Gasteiger partial charge < -0.3 is 9.72 Å². The summed E-state index contributed by atoms with van der Waals surface area (Å²) >= 11 is 0. The first-order chi connectivity index (χ1) is 20.9. The van der Waals surface area contributed by atoms with Crippen molar-refractivity contribution in [1.29, 1.82) is 0 Å². The molecule has 1 saturated carbocycles. The van der Waals surface area contributed by atoms with Crippen molar-refractivity contribution in [3.8, 4) is 16.8 Å². The number of imidazole rings is 1. The molecular weight excluding hydrogens is 550 g/mol. The van der Waals surface area contributed by atoms with Crippen molar-refractivity contribution < 1.29 is 8.78 Å². The fourth-order valence-electron chi connectivity index (χ4n) is 6.08. The van der Waals surface area contributed by atoms with E-state index in [-0.39, 0.29) is 28.9 Å². The largest absolute Gasteiger partial charge is 0.337 e. The minimum Gasteiger partial charge on any atom is -0.308 e. The van der Waals surface area contributed by atoms with Crippen LogP contribution in [0.5, 0.6) is 0 Å². The van der Waals surface area contributed by atoms with Crippen LogP contribution in [0.2, 0.25) is 0 Å². The second-order valence-electron chi connectivity index (χ2n) is 11.0. The maximum absolute atomic E-state index is 14.3. The first kappa shape index (κ1) is 26.9. The predicted octanol–water partition coefficient (Wildman–Crippen LogP) is 5.41. The number of hydrogen-bond donors (Lipinski definition) is 1. The molecule has 0 amide bonds. The molecule has 0 spiro atoms. The number of rotatable bonds is 6. The lowest BCUT2D eigenvalue weighted by molar-refractivity contribution is 0.279. The monoisotopic (exact) mass is 578 g/mol. The highest BCUT2D eigenvalue weighted by Gasteiger charge is 2.27. The summed E-state index contributed by atoms with van der Waals surface area (Å²) in [5.41, 5.74) is 3.01. The third kappa shape index (κ3) is 5.14. The van der Waals surface area contributed by atoms with E-state index in [1.54, 1.807) is 22.7 Å². The van der Waals surface area contributed by atoms with Gasteiger partial charge in [-0.25, -0.2) is 28.1 Å². The Labute approximate surface area is 244 Å². The first-order valence-electron chi connectivity index (χ1n) is 14.3. The van der Waals surface area contributed by atoms with Gasteiger partial charge in [0, 0.05) is 31.0 Å². The molecule has 1 fully saturated rings. The number of benzene rings is 2. The summed E-state index contributed by atoms with van der Waals surface area (Å²) in [4.78, 5) is 36.5. The molecule has 4 aromatic heterocycles. The van der Waals surface area contributed by atoms with E-state index in [1.165, 1.54) is 21.4 Å². The Morgan fingerprint density at radius 3 is 2.44 bits per heavy atom. The predicted molar refractivity (Wildman–Crippen MR) is 160 cm³/mol. The van der Waals surface area contributed by atoms with E-state index in [1.807, 2.05) is 48.5 Å². The van der Waals surface area contributed by atoms with E-state index in [2.05, 4.69) is 15.3 Å². The lowest BCUT2D eigenvalue weighted by Gasteiger charge is -2.30. The van der Waals surface area contributed by atoms with Crippen molar-refractivity contribution in [1.82, 2.24) is 28.8 Å². The average Bonchev–Trinajstić information content (AvgIpc) is 3.44. The van der Waals surface area contributed by atoms with E-state index >= 15 is 0 Å². The highest BCUT2D eigenvalue weighted by atomic mass is 19.1. The number of nitrogens with one attached hydrogen (secondary N) is 1. The van der Waals surface area contributed by atoms with Gasteiger partial charge in [-0.2, -0.15) is 0 Å². The minimum atomic E-state index is -0.637. The van der Waals surface area contributed by atoms with Crippen LogP contribution in [0.25, 0.3) is 33.5 Å². The van der Waals surface area contributed by atoms with Crippen LogP contribution in [0.1, 0.15) is 37.4 Å². The Morgan fingerprint density at radius 2 is 1.63 bits per heavy atom. The summed E-state index contributed by atoms with van der Waals surface area (Å²) in [7, 11) is 0. The van der Waals surface area contributed by atoms with Crippen LogP contribution in [-0.4, -0.2) is 29.5 Å². The Morgan fingerprint density at radius 1 is 0.837 bits per heavy atom. The van der Waals surface area contributed by atoms with Gasteiger partial charge in [-0.1, -0.05) is 42.5 Å². The van der Waals surface area contributed by atoms with Crippen molar-refractivity contribution in [2.75, 3.05) is 0 Å². The number of nitrogens with zero attached hydrogens (tertiary/aromatic N) is 5. The Balaban J connectivity index is 1.18. The minimum absolute atomic E-state index is 0.0632. The molecule has 0 unspecified atom stereocenters. The van der Waals surface area contributed by atoms with E-state index in [0.717, 1.165) is 41.9 Å². The molecule has 4 heterocycles. The molecule has 43 heavy (non-hydrogen) atoms. The maximum Gasteiger partial charge on any atom is 0.337 e. The maximum atomic E-state index is 14.3. The van der Waals surface area contributed by atoms with Gasteiger partial charge in [0.25, 0.3) is 5.56 Å². The van der Waals surface area contributed by atoms with Gasteiger partial charge in [0.2, 0.25) is 0 Å². The van der Waals surface area contributed by atoms with Gasteiger partial charge in [-0.15, -0.1) is 0 Å². The van der Waals surface area contributed by atoms with Gasteiger partial charge in [-0.3, -0.25) is 9.36 Å². The second-order valence-corrected chi connectivity index (χ2v) is 11.0. The zero-order valence-corrected chi connectivity index (χ0v) is 23.2. The van der Waals surface area contributed by atoms with Crippen LogP contribution in [0.15, 0.2) is 101 Å². The number of fused-ring (bicyclic) bond motifs is 2. The summed E-state index contributed by atoms with van der Waals surface area (Å²) in [6, 6.07) is 21.3. The lowest BCUT2D eigenvalue weighted by atomic mass is 9.91. The van der Waals surface area contributed by atoms with Crippen molar-refractivity contribution >= 4 is 16.7 Å². The van der Waals surface area contributed by atoms with Gasteiger partial charge >= 0.3 is 5.69 Å². The lowest BCUT2D eigenvalue weighted by Crippen LogP contribution is -2.44. The first-order valence-corrected chi connectivity index (χ1v) is 14.3. The number of halogens is 2. The Kier molecular flexibility index (Phi) is 6.90. The van der Waals surface area contributed by atoms with E-state index < -0.39 is 17.1 Å². The molecule has 0 bridgehead atoms. The van der Waals surface area contributed by atoms with Crippen LogP contribution < -0.4 is 16.6 Å². The van der Waals surface area contributed by atoms with Crippen LogP contribution in [0.3, 0.4) is 0 Å². The molecule has 10 heteroatoms. The molecule has 2 aromatic carbocycles. The van der Waals surface area contributed by atoms with Gasteiger partial charge in [-0.05, 0) is 67.1 Å². The Hall–Kier alpha value is -4.96. The van der Waals surface area contributed by atoms with Crippen LogP contribution in [0.4, 0.5) is 8.78 Å². The molecule has 0 aliphatic heterocycles. The van der Waals surface area contributed by atoms with Crippen LogP contribution in [0, 0.1) is 11.6 Å². The highest BCUT2D eigenvalue weighted by molar-refractivity contribution is 5.76. The van der Waals surface area contributed by atoms with Crippen LogP contribution in [-0.2, 0) is 6.54 Å². The quantitative estimate of drug-likeness (QED) is 0.286. The molecule has 1 aliphatic carbocycles. The number of aromatic nitrogens is 5. The van der Waals surface area contributed by atoms with Crippen molar-refractivity contribution in [3.05, 3.63) is 130 Å². The molecule has 1 aliphatic rings. The van der Waals surface area contributed by atoms with Crippen molar-refractivity contribution in [3.63, 3.8) is 0 Å². The van der Waals surface area contributed by atoms with Gasteiger partial charge in [0.15, 0.2) is 5.65 Å². The number of pyridine rings is 2. The summed E-state index contributed by atoms with van der Waals surface area (Å²) in [5, 5.41) is 3.57. The molecule has 0 saturated heterocycles.